The largest absolute Gasteiger partial charge is 0.396 e. The van der Waals surface area contributed by atoms with Gasteiger partial charge < -0.3 is 10.6 Å². The molecule has 15 heavy (non-hydrogen) atoms. The predicted molar refractivity (Wildman–Crippen MR) is 60.2 cm³/mol. The van der Waals surface area contributed by atoms with Crippen LogP contribution in [0.5, 0.6) is 0 Å². The molecule has 0 bridgehead atoms. The fraction of sp³-hybridized carbons (Fsp3) is 0.500. The van der Waals surface area contributed by atoms with E-state index in [2.05, 4.69) is 4.90 Å². The third-order valence-corrected chi connectivity index (χ3v) is 2.98. The van der Waals surface area contributed by atoms with Gasteiger partial charge in [0.15, 0.2) is 0 Å². The van der Waals surface area contributed by atoms with E-state index in [1.807, 2.05) is 6.07 Å². The summed E-state index contributed by atoms with van der Waals surface area (Å²) in [6.07, 6.45) is 3.58. The van der Waals surface area contributed by atoms with E-state index in [1.165, 1.54) is 32.0 Å². The minimum absolute atomic E-state index is 0.258. The van der Waals surface area contributed by atoms with Crippen molar-refractivity contribution in [2.24, 2.45) is 0 Å². The van der Waals surface area contributed by atoms with Gasteiger partial charge in [0.1, 0.15) is 5.82 Å². The average Bonchev–Trinajstić information content (AvgIpc) is 2.73. The molecule has 1 heterocycles. The Labute approximate surface area is 89.9 Å². The number of rotatable bonds is 3. The second-order valence-corrected chi connectivity index (χ2v) is 4.15. The van der Waals surface area contributed by atoms with Crippen LogP contribution < -0.4 is 5.73 Å². The van der Waals surface area contributed by atoms with Gasteiger partial charge in [-0.1, -0.05) is 6.07 Å². The van der Waals surface area contributed by atoms with Crippen molar-refractivity contribution < 1.29 is 4.39 Å². The van der Waals surface area contributed by atoms with Gasteiger partial charge in [-0.25, -0.2) is 4.39 Å². The molecule has 3 heteroatoms. The van der Waals surface area contributed by atoms with E-state index in [9.17, 15) is 4.39 Å². The lowest BCUT2D eigenvalue weighted by Gasteiger charge is -2.14. The molecule has 1 aliphatic heterocycles. The summed E-state index contributed by atoms with van der Waals surface area (Å²) < 4.78 is 12.9. The zero-order chi connectivity index (χ0) is 10.7. The molecule has 0 aromatic heterocycles. The number of halogens is 1. The van der Waals surface area contributed by atoms with Gasteiger partial charge in [0, 0.05) is 6.54 Å². The molecule has 1 aromatic carbocycles. The third-order valence-electron chi connectivity index (χ3n) is 2.98. The molecule has 2 nitrogen and oxygen atoms in total. The first-order chi connectivity index (χ1) is 7.25. The van der Waals surface area contributed by atoms with E-state index in [0.29, 0.717) is 0 Å². The summed E-state index contributed by atoms with van der Waals surface area (Å²) in [6, 6.07) is 5.02. The fourth-order valence-electron chi connectivity index (χ4n) is 2.04. The fourth-order valence-corrected chi connectivity index (χ4v) is 2.04. The van der Waals surface area contributed by atoms with E-state index in [0.717, 1.165) is 18.5 Å². The number of hydrogen-bond donors (Lipinski definition) is 1. The van der Waals surface area contributed by atoms with E-state index < -0.39 is 0 Å². The summed E-state index contributed by atoms with van der Waals surface area (Å²) in [6.45, 7) is 3.47. The van der Waals surface area contributed by atoms with Gasteiger partial charge in [-0.15, -0.1) is 0 Å². The monoisotopic (exact) mass is 208 g/mol. The molecule has 0 aliphatic carbocycles. The zero-order valence-electron chi connectivity index (χ0n) is 8.88. The first kappa shape index (κ1) is 10.4. The average molecular weight is 208 g/mol. The molecule has 2 rings (SSSR count). The highest BCUT2D eigenvalue weighted by Gasteiger charge is 2.10. The van der Waals surface area contributed by atoms with Crippen LogP contribution in [-0.2, 0) is 6.42 Å². The Bertz CT molecular complexity index is 332. The maximum atomic E-state index is 12.9. The standard InChI is InChI=1S/C12H17FN2/c13-11-4-3-10(9-12(11)14)5-8-15-6-1-2-7-15/h3-4,9H,1-2,5-8,14H2. The molecule has 1 aliphatic rings. The second kappa shape index (κ2) is 4.62. The maximum Gasteiger partial charge on any atom is 0.146 e. The smallest absolute Gasteiger partial charge is 0.146 e. The van der Waals surface area contributed by atoms with Crippen molar-refractivity contribution in [3.63, 3.8) is 0 Å². The molecule has 0 amide bonds. The zero-order valence-corrected chi connectivity index (χ0v) is 8.88. The molecule has 82 valence electrons. The summed E-state index contributed by atoms with van der Waals surface area (Å²) in [5.41, 5.74) is 6.90. The van der Waals surface area contributed by atoms with Crippen LogP contribution in [0.4, 0.5) is 10.1 Å². The Morgan fingerprint density at radius 3 is 2.67 bits per heavy atom. The second-order valence-electron chi connectivity index (χ2n) is 4.15. The summed E-state index contributed by atoms with van der Waals surface area (Å²) in [5, 5.41) is 0. The molecule has 1 fully saturated rings. The minimum atomic E-state index is -0.320. The number of nitrogens with two attached hydrogens (primary N) is 1. The SMILES string of the molecule is Nc1cc(CCN2CCCC2)ccc1F. The Hall–Kier alpha value is -1.09. The molecular weight excluding hydrogens is 191 g/mol. The molecule has 2 N–H and O–H groups in total. The van der Waals surface area contributed by atoms with Gasteiger partial charge in [0.25, 0.3) is 0 Å². The van der Waals surface area contributed by atoms with Gasteiger partial charge >= 0.3 is 0 Å². The Morgan fingerprint density at radius 2 is 2.00 bits per heavy atom. The highest BCUT2D eigenvalue weighted by molar-refractivity contribution is 5.42. The van der Waals surface area contributed by atoms with Crippen LogP contribution >= 0.6 is 0 Å². The van der Waals surface area contributed by atoms with Crippen molar-refractivity contribution in [3.05, 3.63) is 29.6 Å². The molecule has 0 radical (unpaired) electrons. The normalized spacial score (nSPS) is 17.1. The van der Waals surface area contributed by atoms with Gasteiger partial charge in [-0.05, 0) is 50.0 Å². The van der Waals surface area contributed by atoms with Crippen LogP contribution in [0.1, 0.15) is 18.4 Å². The van der Waals surface area contributed by atoms with Gasteiger partial charge in [0.2, 0.25) is 0 Å². The molecule has 1 aromatic rings. The molecular formula is C12H17FN2. The lowest BCUT2D eigenvalue weighted by atomic mass is 10.1. The van der Waals surface area contributed by atoms with Crippen LogP contribution in [0.25, 0.3) is 0 Å². The van der Waals surface area contributed by atoms with Crippen LogP contribution in [0.2, 0.25) is 0 Å². The number of anilines is 1. The van der Waals surface area contributed by atoms with Crippen molar-refractivity contribution in [1.29, 1.82) is 0 Å². The third kappa shape index (κ3) is 2.69. The van der Waals surface area contributed by atoms with Crippen molar-refractivity contribution in [2.75, 3.05) is 25.4 Å². The van der Waals surface area contributed by atoms with Crippen molar-refractivity contribution in [3.8, 4) is 0 Å². The van der Waals surface area contributed by atoms with Crippen LogP contribution in [0.15, 0.2) is 18.2 Å². The lowest BCUT2D eigenvalue weighted by molar-refractivity contribution is 0.343. The van der Waals surface area contributed by atoms with E-state index in [-0.39, 0.29) is 11.5 Å². The van der Waals surface area contributed by atoms with Crippen molar-refractivity contribution >= 4 is 5.69 Å². The number of benzene rings is 1. The van der Waals surface area contributed by atoms with E-state index in [1.54, 1.807) is 6.07 Å². The Morgan fingerprint density at radius 1 is 1.27 bits per heavy atom. The topological polar surface area (TPSA) is 29.3 Å². The molecule has 0 spiro atoms. The van der Waals surface area contributed by atoms with E-state index >= 15 is 0 Å². The molecule has 1 saturated heterocycles. The Balaban J connectivity index is 1.90. The highest BCUT2D eigenvalue weighted by atomic mass is 19.1. The summed E-state index contributed by atoms with van der Waals surface area (Å²) in [7, 11) is 0. The van der Waals surface area contributed by atoms with Crippen LogP contribution in [0.3, 0.4) is 0 Å². The summed E-state index contributed by atoms with van der Waals surface area (Å²) in [5.74, 6) is -0.320. The highest BCUT2D eigenvalue weighted by Crippen LogP contribution is 2.14. The summed E-state index contributed by atoms with van der Waals surface area (Å²) >= 11 is 0. The maximum absolute atomic E-state index is 12.9. The Kier molecular flexibility index (Phi) is 3.21. The molecule has 0 atom stereocenters. The van der Waals surface area contributed by atoms with Crippen molar-refractivity contribution in [2.45, 2.75) is 19.3 Å². The van der Waals surface area contributed by atoms with Gasteiger partial charge in [-0.3, -0.25) is 0 Å². The molecule has 0 saturated carbocycles. The van der Waals surface area contributed by atoms with E-state index in [4.69, 9.17) is 5.73 Å². The van der Waals surface area contributed by atoms with Gasteiger partial charge in [0.05, 0.1) is 5.69 Å². The number of likely N-dealkylation sites (tertiary alicyclic amines) is 1. The van der Waals surface area contributed by atoms with Crippen LogP contribution in [0, 0.1) is 5.82 Å². The van der Waals surface area contributed by atoms with Crippen molar-refractivity contribution in [1.82, 2.24) is 4.90 Å². The quantitative estimate of drug-likeness (QED) is 0.770. The predicted octanol–water partition coefficient (Wildman–Crippen LogP) is 2.05. The molecule has 0 unspecified atom stereocenters. The number of nitrogen functional groups attached to an aromatic ring is 1. The number of nitrogens with zero attached hydrogens (tertiary/aromatic N) is 1. The first-order valence-electron chi connectivity index (χ1n) is 5.52. The number of hydrogen-bond acceptors (Lipinski definition) is 2. The minimum Gasteiger partial charge on any atom is -0.396 e. The van der Waals surface area contributed by atoms with Gasteiger partial charge in [-0.2, -0.15) is 0 Å². The first-order valence-corrected chi connectivity index (χ1v) is 5.52. The lowest BCUT2D eigenvalue weighted by Crippen LogP contribution is -2.21. The van der Waals surface area contributed by atoms with Crippen LogP contribution in [-0.4, -0.2) is 24.5 Å². The summed E-state index contributed by atoms with van der Waals surface area (Å²) in [4.78, 5) is 2.44.